The number of ether oxygens (including phenoxy) is 1. The zero-order valence-corrected chi connectivity index (χ0v) is 9.15. The Morgan fingerprint density at radius 2 is 1.93 bits per heavy atom. The highest BCUT2D eigenvalue weighted by atomic mass is 32.2. The van der Waals surface area contributed by atoms with Crippen LogP contribution in [0.2, 0.25) is 0 Å². The van der Waals surface area contributed by atoms with Crippen LogP contribution in [0.4, 0.5) is 0 Å². The molecule has 1 unspecified atom stereocenters. The van der Waals surface area contributed by atoms with Crippen LogP contribution in [-0.2, 0) is 24.2 Å². The smallest absolute Gasteiger partial charge is 0.336 e. The van der Waals surface area contributed by atoms with Gasteiger partial charge < -0.3 is 15.6 Å². The van der Waals surface area contributed by atoms with Gasteiger partial charge in [-0.2, -0.15) is 0 Å². The van der Waals surface area contributed by atoms with E-state index in [2.05, 4.69) is 11.3 Å². The maximum Gasteiger partial charge on any atom is 0.336 e. The maximum absolute atomic E-state index is 10.3. The molecule has 0 spiro atoms. The zero-order chi connectivity index (χ0) is 12.6. The van der Waals surface area contributed by atoms with E-state index in [-0.39, 0.29) is 5.97 Å². The molecule has 0 saturated carbocycles. The number of carboxylic acid groups (broad SMARTS) is 1. The highest BCUT2D eigenvalue weighted by Crippen LogP contribution is 1.88. The Bertz CT molecular complexity index is 333. The quantitative estimate of drug-likeness (QED) is 0.482. The van der Waals surface area contributed by atoms with Crippen molar-refractivity contribution in [2.24, 2.45) is 5.73 Å². The fourth-order valence-electron chi connectivity index (χ4n) is 0.300. The standard InChI is InChI=1S/C4H6O2.C3H7NO4S/c1-3-6-4(2)5;1-9(7,8)2(4)3(5)6/h3H,1H2,2H3;2H,4H2,1H3,(H,5,6). The largest absolute Gasteiger partial charge is 0.479 e. The number of nitrogens with two attached hydrogens (primary N) is 1. The molecule has 0 saturated heterocycles. The molecule has 3 N–H and O–H groups in total. The van der Waals surface area contributed by atoms with Gasteiger partial charge in [0.2, 0.25) is 5.37 Å². The summed E-state index contributed by atoms with van der Waals surface area (Å²) in [6, 6.07) is 0. The maximum atomic E-state index is 10.3. The number of sulfone groups is 1. The van der Waals surface area contributed by atoms with E-state index in [1.54, 1.807) is 0 Å². The van der Waals surface area contributed by atoms with Gasteiger partial charge in [-0.25, -0.2) is 13.2 Å². The van der Waals surface area contributed by atoms with Gasteiger partial charge in [-0.1, -0.05) is 6.58 Å². The lowest BCUT2D eigenvalue weighted by molar-refractivity contribution is -0.137. The first-order valence-corrected chi connectivity index (χ1v) is 5.53. The molecule has 0 aliphatic carbocycles. The predicted molar refractivity (Wildman–Crippen MR) is 52.4 cm³/mol. The molecule has 0 rings (SSSR count). The molecule has 0 aromatic heterocycles. The molecule has 1 atom stereocenters. The Morgan fingerprint density at radius 1 is 1.53 bits per heavy atom. The summed E-state index contributed by atoms with van der Waals surface area (Å²) in [5, 5.41) is 6.22. The molecule has 0 aliphatic rings. The van der Waals surface area contributed by atoms with Crippen molar-refractivity contribution in [1.29, 1.82) is 0 Å². The van der Waals surface area contributed by atoms with E-state index in [4.69, 9.17) is 10.8 Å². The lowest BCUT2D eigenvalue weighted by Gasteiger charge is -2.00. The summed E-state index contributed by atoms with van der Waals surface area (Å²) < 4.78 is 24.7. The van der Waals surface area contributed by atoms with Gasteiger partial charge >= 0.3 is 11.9 Å². The Morgan fingerprint density at radius 3 is 1.93 bits per heavy atom. The number of carbonyl (C=O) groups excluding carboxylic acids is 1. The van der Waals surface area contributed by atoms with Crippen molar-refractivity contribution >= 4 is 21.8 Å². The molecule has 7 nitrogen and oxygen atoms in total. The molecule has 0 aromatic rings. The number of carboxylic acids is 1. The first kappa shape index (κ1) is 16.0. The second-order valence-electron chi connectivity index (χ2n) is 2.36. The summed E-state index contributed by atoms with van der Waals surface area (Å²) in [5.41, 5.74) is 4.71. The first-order chi connectivity index (χ1) is 6.62. The van der Waals surface area contributed by atoms with Crippen molar-refractivity contribution in [2.45, 2.75) is 12.3 Å². The highest BCUT2D eigenvalue weighted by molar-refractivity contribution is 7.92. The van der Waals surface area contributed by atoms with Crippen LogP contribution in [0.1, 0.15) is 6.92 Å². The van der Waals surface area contributed by atoms with E-state index in [0.717, 1.165) is 12.5 Å². The van der Waals surface area contributed by atoms with Crippen molar-refractivity contribution < 1.29 is 27.9 Å². The Kier molecular flexibility index (Phi) is 7.44. The van der Waals surface area contributed by atoms with E-state index < -0.39 is 21.2 Å². The molecule has 0 bridgehead atoms. The average Bonchev–Trinajstić information content (AvgIpc) is 2.01. The van der Waals surface area contributed by atoms with Crippen molar-refractivity contribution in [3.05, 3.63) is 12.8 Å². The van der Waals surface area contributed by atoms with Gasteiger partial charge in [0.1, 0.15) is 0 Å². The van der Waals surface area contributed by atoms with Crippen LogP contribution in [-0.4, -0.2) is 37.1 Å². The summed E-state index contributed by atoms with van der Waals surface area (Å²) in [6.07, 6.45) is 1.87. The number of hydrogen-bond acceptors (Lipinski definition) is 6. The van der Waals surface area contributed by atoms with E-state index in [0.29, 0.717) is 0 Å². The van der Waals surface area contributed by atoms with E-state index in [9.17, 15) is 18.0 Å². The van der Waals surface area contributed by atoms with Crippen LogP contribution in [0, 0.1) is 0 Å². The summed E-state index contributed by atoms with van der Waals surface area (Å²) in [5.74, 6) is -1.86. The van der Waals surface area contributed by atoms with Gasteiger partial charge in [0.05, 0.1) is 6.26 Å². The minimum atomic E-state index is -3.62. The Balaban J connectivity index is 0. The topological polar surface area (TPSA) is 124 Å². The monoisotopic (exact) mass is 239 g/mol. The SMILES string of the molecule is C=COC(C)=O.CS(=O)(=O)C(N)C(=O)O. The van der Waals surface area contributed by atoms with Gasteiger partial charge in [-0.15, -0.1) is 0 Å². The molecule has 0 radical (unpaired) electrons. The fourth-order valence-corrected chi connectivity index (χ4v) is 0.667. The van der Waals surface area contributed by atoms with Gasteiger partial charge in [0.25, 0.3) is 0 Å². The minimum Gasteiger partial charge on any atom is -0.479 e. The van der Waals surface area contributed by atoms with E-state index in [1.807, 2.05) is 0 Å². The number of rotatable bonds is 3. The molecule has 0 aliphatic heterocycles. The predicted octanol–water partition coefficient (Wildman–Crippen LogP) is -0.907. The van der Waals surface area contributed by atoms with Crippen LogP contribution in [0.5, 0.6) is 0 Å². The average molecular weight is 239 g/mol. The fraction of sp³-hybridized carbons (Fsp3) is 0.429. The van der Waals surface area contributed by atoms with Gasteiger partial charge in [0.15, 0.2) is 9.84 Å². The van der Waals surface area contributed by atoms with Gasteiger partial charge in [-0.3, -0.25) is 4.79 Å². The lowest BCUT2D eigenvalue weighted by atomic mass is 10.7. The zero-order valence-electron chi connectivity index (χ0n) is 8.34. The lowest BCUT2D eigenvalue weighted by Crippen LogP contribution is -2.37. The Labute approximate surface area is 87.4 Å². The second-order valence-corrected chi connectivity index (χ2v) is 4.53. The molecular formula is C7H13NO6S. The molecular weight excluding hydrogens is 226 g/mol. The van der Waals surface area contributed by atoms with Crippen molar-refractivity contribution in [2.75, 3.05) is 6.26 Å². The van der Waals surface area contributed by atoms with Gasteiger partial charge in [0, 0.05) is 13.2 Å². The molecule has 15 heavy (non-hydrogen) atoms. The molecule has 0 fully saturated rings. The van der Waals surface area contributed by atoms with Crippen molar-refractivity contribution in [3.8, 4) is 0 Å². The van der Waals surface area contributed by atoms with Crippen molar-refractivity contribution in [1.82, 2.24) is 0 Å². The second kappa shape index (κ2) is 6.96. The molecule has 0 aromatic carbocycles. The summed E-state index contributed by atoms with van der Waals surface area (Å²) in [6.45, 7) is 4.48. The van der Waals surface area contributed by atoms with E-state index >= 15 is 0 Å². The molecule has 0 heterocycles. The Hall–Kier alpha value is -1.41. The number of carbonyl (C=O) groups is 2. The number of esters is 1. The van der Waals surface area contributed by atoms with Crippen LogP contribution in [0.25, 0.3) is 0 Å². The van der Waals surface area contributed by atoms with Crippen LogP contribution >= 0.6 is 0 Å². The number of aliphatic carboxylic acids is 1. The third-order valence-electron chi connectivity index (χ3n) is 0.954. The molecule has 88 valence electrons. The summed E-state index contributed by atoms with van der Waals surface area (Å²) in [7, 11) is -3.62. The first-order valence-electron chi connectivity index (χ1n) is 3.58. The van der Waals surface area contributed by atoms with Crippen LogP contribution in [0.3, 0.4) is 0 Å². The summed E-state index contributed by atoms with van der Waals surface area (Å²) in [4.78, 5) is 19.6. The highest BCUT2D eigenvalue weighted by Gasteiger charge is 2.22. The third-order valence-corrected chi connectivity index (χ3v) is 2.08. The third kappa shape index (κ3) is 10.5. The summed E-state index contributed by atoms with van der Waals surface area (Å²) >= 11 is 0. The minimum absolute atomic E-state index is 0.329. The van der Waals surface area contributed by atoms with Gasteiger partial charge in [-0.05, 0) is 0 Å². The van der Waals surface area contributed by atoms with E-state index in [1.165, 1.54) is 6.92 Å². The van der Waals surface area contributed by atoms with Crippen LogP contribution < -0.4 is 5.73 Å². The molecule has 8 heteroatoms. The van der Waals surface area contributed by atoms with Crippen molar-refractivity contribution in [3.63, 3.8) is 0 Å². The van der Waals surface area contributed by atoms with Crippen LogP contribution in [0.15, 0.2) is 12.8 Å². The number of hydrogen-bond donors (Lipinski definition) is 2. The normalized spacial score (nSPS) is 11.7. The molecule has 0 amide bonds.